The zero-order valence-electron chi connectivity index (χ0n) is 16.6. The smallest absolute Gasteiger partial charge is 0.407 e. The summed E-state index contributed by atoms with van der Waals surface area (Å²) < 4.78 is 5.41. The van der Waals surface area contributed by atoms with Crippen molar-refractivity contribution in [2.45, 2.75) is 18.4 Å². The standard InChI is InChI=1S/C25H20N2O4/c26-14-17-11-9-16(10-12-17)13-23(24(28)29)27-25(30)31-15-22-20-7-3-1-5-18(20)19-6-2-4-8-21(19)22/h1-12,22-23H,13,15H2,(H,27,30)(H,28,29)/p-1/t23-/m0/s1. The lowest BCUT2D eigenvalue weighted by molar-refractivity contribution is -0.308. The van der Waals surface area contributed by atoms with E-state index in [1.54, 1.807) is 24.3 Å². The number of nitrogens with zero attached hydrogens (tertiary/aromatic N) is 1. The molecule has 0 saturated carbocycles. The predicted molar refractivity (Wildman–Crippen MR) is 112 cm³/mol. The van der Waals surface area contributed by atoms with E-state index in [4.69, 9.17) is 10.00 Å². The van der Waals surface area contributed by atoms with E-state index >= 15 is 0 Å². The highest BCUT2D eigenvalue weighted by atomic mass is 16.5. The SMILES string of the molecule is N#Cc1ccc(C[C@H](NC(=O)OCC2c3ccccc3-c3ccccc32)C(=O)[O-])cc1. The second-order valence-corrected chi connectivity index (χ2v) is 7.35. The van der Waals surface area contributed by atoms with E-state index in [1.165, 1.54) is 0 Å². The fourth-order valence-corrected chi connectivity index (χ4v) is 3.93. The normalized spacial score (nSPS) is 12.9. The van der Waals surface area contributed by atoms with Crippen LogP contribution >= 0.6 is 0 Å². The number of nitriles is 1. The summed E-state index contributed by atoms with van der Waals surface area (Å²) in [5.41, 5.74) is 5.50. The van der Waals surface area contributed by atoms with Crippen molar-refractivity contribution in [2.24, 2.45) is 0 Å². The Hall–Kier alpha value is -4.11. The van der Waals surface area contributed by atoms with Crippen molar-refractivity contribution in [1.82, 2.24) is 5.32 Å². The van der Waals surface area contributed by atoms with E-state index in [-0.39, 0.29) is 18.9 Å². The predicted octanol–water partition coefficient (Wildman–Crippen LogP) is 2.76. The lowest BCUT2D eigenvalue weighted by Crippen LogP contribution is -2.49. The molecule has 0 radical (unpaired) electrons. The largest absolute Gasteiger partial charge is 0.548 e. The molecule has 154 valence electrons. The number of fused-ring (bicyclic) bond motifs is 3. The maximum absolute atomic E-state index is 12.4. The van der Waals surface area contributed by atoms with Crippen molar-refractivity contribution in [2.75, 3.05) is 6.61 Å². The Morgan fingerprint density at radius 3 is 2.10 bits per heavy atom. The number of benzene rings is 3. The molecule has 0 saturated heterocycles. The molecular weight excluding hydrogens is 392 g/mol. The summed E-state index contributed by atoms with van der Waals surface area (Å²) >= 11 is 0. The Morgan fingerprint density at radius 1 is 0.968 bits per heavy atom. The summed E-state index contributed by atoms with van der Waals surface area (Å²) in [6.45, 7) is 0.0937. The van der Waals surface area contributed by atoms with E-state index < -0.39 is 18.1 Å². The number of carbonyl (C=O) groups is 2. The lowest BCUT2D eigenvalue weighted by Gasteiger charge is -2.21. The fraction of sp³-hybridized carbons (Fsp3) is 0.160. The minimum Gasteiger partial charge on any atom is -0.548 e. The molecule has 0 aromatic heterocycles. The van der Waals surface area contributed by atoms with E-state index in [0.717, 1.165) is 22.3 Å². The molecule has 0 heterocycles. The van der Waals surface area contributed by atoms with Gasteiger partial charge in [-0.3, -0.25) is 0 Å². The minimum atomic E-state index is -1.40. The molecule has 0 spiro atoms. The van der Waals surface area contributed by atoms with Gasteiger partial charge in [-0.1, -0.05) is 60.7 Å². The summed E-state index contributed by atoms with van der Waals surface area (Å²) in [6, 6.07) is 23.2. The van der Waals surface area contributed by atoms with Gasteiger partial charge in [-0.05, 0) is 46.4 Å². The van der Waals surface area contributed by atoms with E-state index in [2.05, 4.69) is 5.32 Å². The van der Waals surface area contributed by atoms with Crippen molar-refractivity contribution in [3.8, 4) is 17.2 Å². The first-order valence-corrected chi connectivity index (χ1v) is 9.88. The van der Waals surface area contributed by atoms with Crippen LogP contribution in [0.5, 0.6) is 0 Å². The zero-order valence-corrected chi connectivity index (χ0v) is 16.6. The van der Waals surface area contributed by atoms with Gasteiger partial charge < -0.3 is 20.0 Å². The summed E-state index contributed by atoms with van der Waals surface area (Å²) in [7, 11) is 0. The van der Waals surface area contributed by atoms with Crippen LogP contribution in [0.1, 0.15) is 28.2 Å². The number of rotatable bonds is 6. The van der Waals surface area contributed by atoms with Gasteiger partial charge in [0, 0.05) is 5.92 Å². The first-order valence-electron chi connectivity index (χ1n) is 9.88. The molecule has 6 heteroatoms. The number of nitrogens with one attached hydrogen (secondary N) is 1. The molecule has 31 heavy (non-hydrogen) atoms. The molecule has 0 fully saturated rings. The van der Waals surface area contributed by atoms with E-state index in [9.17, 15) is 14.7 Å². The van der Waals surface area contributed by atoms with Gasteiger partial charge >= 0.3 is 6.09 Å². The fourth-order valence-electron chi connectivity index (χ4n) is 3.93. The van der Waals surface area contributed by atoms with Crippen LogP contribution in [0.15, 0.2) is 72.8 Å². The van der Waals surface area contributed by atoms with Crippen molar-refractivity contribution < 1.29 is 19.4 Å². The first kappa shape index (κ1) is 20.2. The van der Waals surface area contributed by atoms with Crippen LogP contribution in [-0.4, -0.2) is 24.7 Å². The van der Waals surface area contributed by atoms with Gasteiger partial charge in [0.25, 0.3) is 0 Å². The average Bonchev–Trinajstić information content (AvgIpc) is 3.11. The molecule has 3 aromatic rings. The number of carbonyl (C=O) groups excluding carboxylic acids is 2. The van der Waals surface area contributed by atoms with Gasteiger partial charge in [0.1, 0.15) is 6.61 Å². The highest BCUT2D eigenvalue weighted by Gasteiger charge is 2.29. The molecule has 6 nitrogen and oxygen atoms in total. The Balaban J connectivity index is 1.42. The third-order valence-electron chi connectivity index (χ3n) is 5.44. The van der Waals surface area contributed by atoms with E-state index in [1.807, 2.05) is 54.6 Å². The lowest BCUT2D eigenvalue weighted by atomic mass is 9.98. The van der Waals surface area contributed by atoms with E-state index in [0.29, 0.717) is 11.1 Å². The maximum atomic E-state index is 12.4. The summed E-state index contributed by atoms with van der Waals surface area (Å²) in [4.78, 5) is 23.9. The summed E-state index contributed by atoms with van der Waals surface area (Å²) in [5, 5.41) is 22.8. The van der Waals surface area contributed by atoms with Gasteiger partial charge in [0.15, 0.2) is 0 Å². The molecule has 1 amide bonds. The summed E-state index contributed by atoms with van der Waals surface area (Å²) in [6.07, 6.45) is -0.789. The number of aliphatic carboxylic acids is 1. The first-order chi connectivity index (χ1) is 15.1. The van der Waals surface area contributed by atoms with Gasteiger partial charge in [-0.15, -0.1) is 0 Å². The number of amides is 1. The molecule has 1 N–H and O–H groups in total. The topological polar surface area (TPSA) is 102 Å². The monoisotopic (exact) mass is 411 g/mol. The molecule has 0 bridgehead atoms. The van der Waals surface area contributed by atoms with Crippen LogP contribution in [0.3, 0.4) is 0 Å². The molecule has 1 aliphatic rings. The van der Waals surface area contributed by atoms with Crippen LogP contribution in [0.4, 0.5) is 4.79 Å². The highest BCUT2D eigenvalue weighted by molar-refractivity contribution is 5.80. The zero-order chi connectivity index (χ0) is 21.8. The highest BCUT2D eigenvalue weighted by Crippen LogP contribution is 2.44. The minimum absolute atomic E-state index is 0.0260. The number of hydrogen-bond acceptors (Lipinski definition) is 5. The second-order valence-electron chi connectivity index (χ2n) is 7.35. The quantitative estimate of drug-likeness (QED) is 0.672. The number of alkyl carbamates (subject to hydrolysis) is 1. The summed E-state index contributed by atoms with van der Waals surface area (Å²) in [5.74, 6) is -1.52. The number of ether oxygens (including phenoxy) is 1. The maximum Gasteiger partial charge on any atom is 0.407 e. The van der Waals surface area contributed by atoms with Crippen LogP contribution in [0.2, 0.25) is 0 Å². The molecule has 4 rings (SSSR count). The van der Waals surface area contributed by atoms with Gasteiger partial charge in [-0.25, -0.2) is 4.79 Å². The van der Waals surface area contributed by atoms with Crippen molar-refractivity contribution in [3.63, 3.8) is 0 Å². The average molecular weight is 411 g/mol. The molecule has 1 aliphatic carbocycles. The van der Waals surface area contributed by atoms with Crippen LogP contribution < -0.4 is 10.4 Å². The molecule has 0 unspecified atom stereocenters. The van der Waals surface area contributed by atoms with Crippen molar-refractivity contribution >= 4 is 12.1 Å². The van der Waals surface area contributed by atoms with Gasteiger partial charge in [0.2, 0.25) is 0 Å². The molecule has 3 aromatic carbocycles. The van der Waals surface area contributed by atoms with Gasteiger partial charge in [-0.2, -0.15) is 5.26 Å². The molecule has 1 atom stereocenters. The Kier molecular flexibility index (Phi) is 5.67. The van der Waals surface area contributed by atoms with Crippen LogP contribution in [0.25, 0.3) is 11.1 Å². The third-order valence-corrected chi connectivity index (χ3v) is 5.44. The van der Waals surface area contributed by atoms with Crippen LogP contribution in [-0.2, 0) is 16.0 Å². The Labute approximate surface area is 179 Å². The van der Waals surface area contributed by atoms with Crippen molar-refractivity contribution in [3.05, 3.63) is 95.1 Å². The molecule has 0 aliphatic heterocycles. The van der Waals surface area contributed by atoms with Gasteiger partial charge in [0.05, 0.1) is 23.6 Å². The molecular formula is C25H19N2O4-. The number of hydrogen-bond donors (Lipinski definition) is 1. The Morgan fingerprint density at radius 2 is 1.55 bits per heavy atom. The number of carboxylic acids is 1. The Bertz CT molecular complexity index is 1120. The third kappa shape index (κ3) is 4.26. The number of carboxylic acid groups (broad SMARTS) is 1. The van der Waals surface area contributed by atoms with Crippen molar-refractivity contribution in [1.29, 1.82) is 5.26 Å². The van der Waals surface area contributed by atoms with Crippen LogP contribution in [0, 0.1) is 11.3 Å². The second kappa shape index (κ2) is 8.72.